The molecule has 2 fully saturated rings. The molecule has 1 N–H and O–H groups in total. The summed E-state index contributed by atoms with van der Waals surface area (Å²) in [4.78, 5) is 31.9. The van der Waals surface area contributed by atoms with Crippen molar-refractivity contribution < 1.29 is 9.59 Å². The maximum Gasteiger partial charge on any atom is 0.240 e. The first kappa shape index (κ1) is 21.1. The van der Waals surface area contributed by atoms with Crippen molar-refractivity contribution in [2.45, 2.75) is 38.3 Å². The van der Waals surface area contributed by atoms with Gasteiger partial charge in [0.1, 0.15) is 0 Å². The Hall–Kier alpha value is -1.63. The third-order valence-corrected chi connectivity index (χ3v) is 6.13. The lowest BCUT2D eigenvalue weighted by molar-refractivity contribution is -0.138. The molecule has 4 rings (SSSR count). The third kappa shape index (κ3) is 4.67. The van der Waals surface area contributed by atoms with Crippen LogP contribution >= 0.6 is 12.4 Å². The molecular weight excluding hydrogens is 376 g/mol. The molecule has 0 aliphatic carbocycles. The van der Waals surface area contributed by atoms with Crippen LogP contribution in [0, 0.1) is 0 Å². The SMILES string of the molecule is Cl.O=C(CCN1Cc2ccccc2CC1C(=O)N1CCCC1)N1CCNCC1. The van der Waals surface area contributed by atoms with Gasteiger partial charge in [0.2, 0.25) is 11.8 Å². The molecule has 0 bridgehead atoms. The summed E-state index contributed by atoms with van der Waals surface area (Å²) < 4.78 is 0. The number of nitrogens with zero attached hydrogens (tertiary/aromatic N) is 3. The minimum Gasteiger partial charge on any atom is -0.341 e. The highest BCUT2D eigenvalue weighted by Crippen LogP contribution is 2.26. The fraction of sp³-hybridized carbons (Fsp3) is 0.619. The Bertz CT molecular complexity index is 687. The lowest BCUT2D eigenvalue weighted by Crippen LogP contribution is -2.52. The number of likely N-dealkylation sites (tertiary alicyclic amines) is 1. The number of piperazine rings is 1. The number of rotatable bonds is 4. The molecule has 2 amide bonds. The normalized spacial score (nSPS) is 22.5. The Kier molecular flexibility index (Phi) is 7.32. The number of fused-ring (bicyclic) bond motifs is 1. The van der Waals surface area contributed by atoms with Crippen molar-refractivity contribution in [1.82, 2.24) is 20.0 Å². The van der Waals surface area contributed by atoms with Crippen LogP contribution in [0.2, 0.25) is 0 Å². The van der Waals surface area contributed by atoms with E-state index < -0.39 is 0 Å². The molecule has 7 heteroatoms. The molecule has 2 saturated heterocycles. The van der Waals surface area contributed by atoms with Crippen molar-refractivity contribution in [3.63, 3.8) is 0 Å². The van der Waals surface area contributed by atoms with E-state index in [2.05, 4.69) is 34.5 Å². The maximum atomic E-state index is 13.1. The molecule has 0 saturated carbocycles. The van der Waals surface area contributed by atoms with Crippen LogP contribution in [0.3, 0.4) is 0 Å². The molecule has 6 nitrogen and oxygen atoms in total. The van der Waals surface area contributed by atoms with E-state index in [4.69, 9.17) is 0 Å². The zero-order chi connectivity index (χ0) is 18.6. The number of hydrogen-bond donors (Lipinski definition) is 1. The van der Waals surface area contributed by atoms with Crippen LogP contribution in [0.15, 0.2) is 24.3 Å². The van der Waals surface area contributed by atoms with E-state index in [1.807, 2.05) is 9.80 Å². The minimum atomic E-state index is -0.131. The van der Waals surface area contributed by atoms with E-state index in [-0.39, 0.29) is 30.3 Å². The van der Waals surface area contributed by atoms with Gasteiger partial charge in [0.25, 0.3) is 0 Å². The molecule has 0 aromatic heterocycles. The van der Waals surface area contributed by atoms with Crippen molar-refractivity contribution in [3.8, 4) is 0 Å². The summed E-state index contributed by atoms with van der Waals surface area (Å²) in [6, 6.07) is 8.28. The van der Waals surface area contributed by atoms with Crippen molar-refractivity contribution in [2.75, 3.05) is 45.8 Å². The first-order valence-electron chi connectivity index (χ1n) is 10.3. The summed E-state index contributed by atoms with van der Waals surface area (Å²) in [6.07, 6.45) is 3.46. The molecule has 0 radical (unpaired) electrons. The van der Waals surface area contributed by atoms with Crippen LogP contribution in [-0.4, -0.2) is 78.4 Å². The van der Waals surface area contributed by atoms with E-state index in [0.717, 1.165) is 65.1 Å². The molecule has 0 spiro atoms. The molecule has 1 unspecified atom stereocenters. The van der Waals surface area contributed by atoms with Crippen molar-refractivity contribution in [3.05, 3.63) is 35.4 Å². The topological polar surface area (TPSA) is 55.9 Å². The first-order chi connectivity index (χ1) is 13.2. The summed E-state index contributed by atoms with van der Waals surface area (Å²) >= 11 is 0. The van der Waals surface area contributed by atoms with Crippen molar-refractivity contribution in [2.24, 2.45) is 0 Å². The number of benzene rings is 1. The molecule has 3 heterocycles. The van der Waals surface area contributed by atoms with Gasteiger partial charge < -0.3 is 15.1 Å². The average molecular weight is 407 g/mol. The molecule has 1 aromatic rings. The monoisotopic (exact) mass is 406 g/mol. The fourth-order valence-corrected chi connectivity index (χ4v) is 4.52. The van der Waals surface area contributed by atoms with Crippen LogP contribution in [0.4, 0.5) is 0 Å². The lowest BCUT2D eigenvalue weighted by Gasteiger charge is -2.38. The number of carbonyl (C=O) groups is 2. The summed E-state index contributed by atoms with van der Waals surface area (Å²) in [5.74, 6) is 0.458. The number of amides is 2. The van der Waals surface area contributed by atoms with Gasteiger partial charge in [-0.2, -0.15) is 0 Å². The third-order valence-electron chi connectivity index (χ3n) is 6.13. The molecule has 1 atom stereocenters. The second-order valence-electron chi connectivity index (χ2n) is 7.87. The van der Waals surface area contributed by atoms with Gasteiger partial charge in [-0.25, -0.2) is 0 Å². The van der Waals surface area contributed by atoms with Gasteiger partial charge in [-0.15, -0.1) is 12.4 Å². The van der Waals surface area contributed by atoms with Gasteiger partial charge in [0, 0.05) is 58.8 Å². The summed E-state index contributed by atoms with van der Waals surface area (Å²) in [5.41, 5.74) is 2.57. The summed E-state index contributed by atoms with van der Waals surface area (Å²) in [7, 11) is 0. The quantitative estimate of drug-likeness (QED) is 0.818. The molecule has 3 aliphatic rings. The number of carbonyl (C=O) groups excluding carboxylic acids is 2. The van der Waals surface area contributed by atoms with Crippen molar-refractivity contribution in [1.29, 1.82) is 0 Å². The second-order valence-corrected chi connectivity index (χ2v) is 7.87. The zero-order valence-electron chi connectivity index (χ0n) is 16.4. The fourth-order valence-electron chi connectivity index (χ4n) is 4.52. The first-order valence-corrected chi connectivity index (χ1v) is 10.3. The van der Waals surface area contributed by atoms with E-state index in [1.54, 1.807) is 0 Å². The van der Waals surface area contributed by atoms with Crippen LogP contribution in [0.25, 0.3) is 0 Å². The molecular formula is C21H31ClN4O2. The van der Waals surface area contributed by atoms with E-state index in [0.29, 0.717) is 13.0 Å². The molecule has 28 heavy (non-hydrogen) atoms. The zero-order valence-corrected chi connectivity index (χ0v) is 17.3. The Morgan fingerprint density at radius 2 is 1.64 bits per heavy atom. The molecule has 3 aliphatic heterocycles. The Morgan fingerprint density at radius 1 is 0.964 bits per heavy atom. The average Bonchev–Trinajstić information content (AvgIpc) is 3.26. The minimum absolute atomic E-state index is 0. The van der Waals surface area contributed by atoms with E-state index in [1.165, 1.54) is 11.1 Å². The highest BCUT2D eigenvalue weighted by Gasteiger charge is 2.35. The highest BCUT2D eigenvalue weighted by atomic mass is 35.5. The maximum absolute atomic E-state index is 13.1. The Morgan fingerprint density at radius 3 is 2.36 bits per heavy atom. The Balaban J connectivity index is 0.00000225. The van der Waals surface area contributed by atoms with Gasteiger partial charge >= 0.3 is 0 Å². The van der Waals surface area contributed by atoms with Gasteiger partial charge in [0.05, 0.1) is 6.04 Å². The standard InChI is InChI=1S/C21H30N4O2.ClH/c26-20(23-13-8-22-9-14-23)7-12-25-16-18-6-2-1-5-17(18)15-19(25)21(27)24-10-3-4-11-24;/h1-2,5-6,19,22H,3-4,7-16H2;1H. The number of nitrogens with one attached hydrogen (secondary N) is 1. The van der Waals surface area contributed by atoms with Crippen LogP contribution in [0.5, 0.6) is 0 Å². The largest absolute Gasteiger partial charge is 0.341 e. The lowest BCUT2D eigenvalue weighted by atomic mass is 9.93. The van der Waals surface area contributed by atoms with Gasteiger partial charge in [0.15, 0.2) is 0 Å². The van der Waals surface area contributed by atoms with Gasteiger partial charge in [-0.3, -0.25) is 14.5 Å². The summed E-state index contributed by atoms with van der Waals surface area (Å²) in [6.45, 7) is 6.50. The van der Waals surface area contributed by atoms with Crippen LogP contribution in [-0.2, 0) is 22.6 Å². The summed E-state index contributed by atoms with van der Waals surface area (Å²) in [5, 5.41) is 3.28. The number of halogens is 1. The van der Waals surface area contributed by atoms with Gasteiger partial charge in [-0.05, 0) is 30.4 Å². The predicted molar refractivity (Wildman–Crippen MR) is 111 cm³/mol. The second kappa shape index (κ2) is 9.72. The van der Waals surface area contributed by atoms with Crippen molar-refractivity contribution >= 4 is 24.2 Å². The molecule has 154 valence electrons. The van der Waals surface area contributed by atoms with E-state index in [9.17, 15) is 9.59 Å². The van der Waals surface area contributed by atoms with E-state index >= 15 is 0 Å². The predicted octanol–water partition coefficient (Wildman–Crippen LogP) is 1.28. The molecule has 1 aromatic carbocycles. The van der Waals surface area contributed by atoms with Crippen LogP contribution < -0.4 is 5.32 Å². The number of hydrogen-bond acceptors (Lipinski definition) is 4. The van der Waals surface area contributed by atoms with Crippen LogP contribution in [0.1, 0.15) is 30.4 Å². The highest BCUT2D eigenvalue weighted by molar-refractivity contribution is 5.85. The van der Waals surface area contributed by atoms with Gasteiger partial charge in [-0.1, -0.05) is 24.3 Å². The Labute approximate surface area is 173 Å². The smallest absolute Gasteiger partial charge is 0.240 e.